The third kappa shape index (κ3) is 2.20. The van der Waals surface area contributed by atoms with E-state index < -0.39 is 12.7 Å². The minimum absolute atomic E-state index is 0.185. The Hall–Kier alpha value is -2.08. The van der Waals surface area contributed by atoms with E-state index in [9.17, 15) is 9.18 Å². The minimum Gasteiger partial charge on any atom is -0.497 e. The number of rotatable bonds is 4. The highest BCUT2D eigenvalue weighted by Gasteiger charge is 2.44. The maximum absolute atomic E-state index is 12.4. The summed E-state index contributed by atoms with van der Waals surface area (Å²) in [5.74, 6) is 0.843. The van der Waals surface area contributed by atoms with E-state index in [0.717, 1.165) is 41.9 Å². The molecule has 3 unspecified atom stereocenters. The van der Waals surface area contributed by atoms with Crippen LogP contribution in [0.5, 0.6) is 5.75 Å². The molecule has 1 aromatic heterocycles. The lowest BCUT2D eigenvalue weighted by Gasteiger charge is -2.30. The Kier molecular flexibility index (Phi) is 3.49. The Balaban J connectivity index is 1.82. The number of ether oxygens (including phenoxy) is 2. The minimum atomic E-state index is -0.655. The molecule has 1 aromatic carbocycles. The van der Waals surface area contributed by atoms with Crippen molar-refractivity contribution in [3.63, 3.8) is 0 Å². The number of fused-ring (bicyclic) bond motifs is 6. The summed E-state index contributed by atoms with van der Waals surface area (Å²) in [4.78, 5) is 17.9. The topological polar surface area (TPSA) is 54.6 Å². The van der Waals surface area contributed by atoms with Gasteiger partial charge in [-0.15, -0.1) is 0 Å². The van der Waals surface area contributed by atoms with Gasteiger partial charge in [-0.05, 0) is 36.7 Å². The standard InChI is InChI=1S/C17H19FN2O3/c1-22-11-2-3-13-12(8-11)14-10-4-6-20(9-10)16(15(14)19-13)17(21)23-7-5-18/h2-3,8,10,16,19H,4-7,9H2,1H3. The van der Waals surface area contributed by atoms with Crippen LogP contribution in [0.2, 0.25) is 0 Å². The molecule has 0 radical (unpaired) electrons. The number of carbonyl (C=O) groups is 1. The van der Waals surface area contributed by atoms with Gasteiger partial charge in [-0.3, -0.25) is 4.90 Å². The first-order chi connectivity index (χ1) is 11.2. The molecule has 0 amide bonds. The number of aromatic amines is 1. The number of hydrogen-bond acceptors (Lipinski definition) is 4. The van der Waals surface area contributed by atoms with E-state index in [1.54, 1.807) is 7.11 Å². The van der Waals surface area contributed by atoms with Crippen LogP contribution in [0, 0.1) is 0 Å². The molecule has 3 heterocycles. The lowest BCUT2D eigenvalue weighted by atomic mass is 9.90. The van der Waals surface area contributed by atoms with Crippen LogP contribution in [-0.2, 0) is 9.53 Å². The fourth-order valence-electron chi connectivity index (χ4n) is 3.92. The molecule has 1 N–H and O–H groups in total. The molecule has 23 heavy (non-hydrogen) atoms. The van der Waals surface area contributed by atoms with E-state index in [-0.39, 0.29) is 12.6 Å². The number of nitrogens with zero attached hydrogens (tertiary/aromatic N) is 1. The van der Waals surface area contributed by atoms with E-state index in [1.807, 2.05) is 18.2 Å². The maximum Gasteiger partial charge on any atom is 0.329 e. The molecule has 2 aromatic rings. The normalized spacial score (nSPS) is 25.4. The Morgan fingerprint density at radius 1 is 1.48 bits per heavy atom. The molecular weight excluding hydrogens is 299 g/mol. The van der Waals surface area contributed by atoms with E-state index in [2.05, 4.69) is 9.88 Å². The third-order valence-corrected chi connectivity index (χ3v) is 4.89. The molecule has 4 rings (SSSR count). The van der Waals surface area contributed by atoms with Crippen molar-refractivity contribution in [3.8, 4) is 5.75 Å². The number of carbonyl (C=O) groups excluding carboxylic acids is 1. The third-order valence-electron chi connectivity index (χ3n) is 4.89. The second kappa shape index (κ2) is 5.53. The number of methoxy groups -OCH3 is 1. The number of esters is 1. The molecule has 2 aliphatic rings. The predicted octanol–water partition coefficient (Wildman–Crippen LogP) is 2.53. The molecule has 5 nitrogen and oxygen atoms in total. The Bertz CT molecular complexity index is 758. The highest BCUT2D eigenvalue weighted by atomic mass is 19.1. The van der Waals surface area contributed by atoms with Gasteiger partial charge < -0.3 is 14.5 Å². The van der Waals surface area contributed by atoms with Crippen molar-refractivity contribution >= 4 is 16.9 Å². The Morgan fingerprint density at radius 3 is 3.13 bits per heavy atom. The number of aromatic nitrogens is 1. The van der Waals surface area contributed by atoms with Crippen molar-refractivity contribution in [1.82, 2.24) is 9.88 Å². The van der Waals surface area contributed by atoms with Gasteiger partial charge in [0.1, 0.15) is 25.1 Å². The van der Waals surface area contributed by atoms with Gasteiger partial charge in [-0.2, -0.15) is 0 Å². The van der Waals surface area contributed by atoms with Crippen LogP contribution in [0.25, 0.3) is 10.9 Å². The van der Waals surface area contributed by atoms with Gasteiger partial charge in [0, 0.05) is 29.1 Å². The summed E-state index contributed by atoms with van der Waals surface area (Å²) in [6.45, 7) is 0.856. The zero-order valence-corrected chi connectivity index (χ0v) is 13.0. The average molecular weight is 318 g/mol. The van der Waals surface area contributed by atoms with Crippen LogP contribution < -0.4 is 4.74 Å². The average Bonchev–Trinajstić information content (AvgIpc) is 3.14. The van der Waals surface area contributed by atoms with Gasteiger partial charge in [0.2, 0.25) is 0 Å². The highest BCUT2D eigenvalue weighted by molar-refractivity contribution is 5.90. The van der Waals surface area contributed by atoms with Gasteiger partial charge >= 0.3 is 5.97 Å². The lowest BCUT2D eigenvalue weighted by molar-refractivity contribution is -0.150. The second-order valence-electron chi connectivity index (χ2n) is 6.10. The summed E-state index contributed by atoms with van der Waals surface area (Å²) in [5, 5.41) is 1.11. The number of H-pyrrole nitrogens is 1. The van der Waals surface area contributed by atoms with E-state index >= 15 is 0 Å². The first-order valence-corrected chi connectivity index (χ1v) is 7.89. The van der Waals surface area contributed by atoms with Crippen molar-refractivity contribution < 1.29 is 18.7 Å². The largest absolute Gasteiger partial charge is 0.497 e. The first kappa shape index (κ1) is 14.5. The van der Waals surface area contributed by atoms with Gasteiger partial charge in [0.05, 0.1) is 7.11 Å². The smallest absolute Gasteiger partial charge is 0.329 e. The quantitative estimate of drug-likeness (QED) is 0.880. The van der Waals surface area contributed by atoms with Crippen molar-refractivity contribution in [2.24, 2.45) is 0 Å². The van der Waals surface area contributed by atoms with Gasteiger partial charge in [0.25, 0.3) is 0 Å². The molecule has 2 aliphatic heterocycles. The second-order valence-corrected chi connectivity index (χ2v) is 6.10. The van der Waals surface area contributed by atoms with E-state index in [1.165, 1.54) is 5.56 Å². The summed E-state index contributed by atoms with van der Waals surface area (Å²) in [6.07, 6.45) is 1.02. The first-order valence-electron chi connectivity index (χ1n) is 7.89. The van der Waals surface area contributed by atoms with Crippen LogP contribution in [0.1, 0.15) is 29.6 Å². The predicted molar refractivity (Wildman–Crippen MR) is 83.5 cm³/mol. The fraction of sp³-hybridized carbons (Fsp3) is 0.471. The molecule has 1 fully saturated rings. The molecule has 1 saturated heterocycles. The summed E-state index contributed by atoms with van der Waals surface area (Å²) >= 11 is 0. The summed E-state index contributed by atoms with van der Waals surface area (Å²) < 4.78 is 22.8. The van der Waals surface area contributed by atoms with Crippen molar-refractivity contribution in [3.05, 3.63) is 29.5 Å². The monoisotopic (exact) mass is 318 g/mol. The molecule has 3 atom stereocenters. The number of benzene rings is 1. The highest BCUT2D eigenvalue weighted by Crippen LogP contribution is 2.46. The van der Waals surface area contributed by atoms with E-state index in [4.69, 9.17) is 9.47 Å². The van der Waals surface area contributed by atoms with Crippen LogP contribution in [0.15, 0.2) is 18.2 Å². The fourth-order valence-corrected chi connectivity index (χ4v) is 3.92. The summed E-state index contributed by atoms with van der Waals surface area (Å²) in [6, 6.07) is 5.43. The van der Waals surface area contributed by atoms with Gasteiger partial charge in [-0.25, -0.2) is 9.18 Å². The molecular formula is C17H19FN2O3. The maximum atomic E-state index is 12.4. The molecule has 122 valence electrons. The molecule has 0 spiro atoms. The number of nitrogens with one attached hydrogen (secondary N) is 1. The number of alkyl halides is 1. The zero-order valence-electron chi connectivity index (χ0n) is 13.0. The van der Waals surface area contributed by atoms with Crippen LogP contribution in [-0.4, -0.2) is 49.3 Å². The van der Waals surface area contributed by atoms with Gasteiger partial charge in [-0.1, -0.05) is 0 Å². The number of hydrogen-bond donors (Lipinski definition) is 1. The van der Waals surface area contributed by atoms with Crippen LogP contribution >= 0.6 is 0 Å². The summed E-state index contributed by atoms with van der Waals surface area (Å²) in [5.41, 5.74) is 3.08. The Morgan fingerprint density at radius 2 is 2.35 bits per heavy atom. The lowest BCUT2D eigenvalue weighted by Crippen LogP contribution is -2.37. The SMILES string of the molecule is COc1ccc2[nH]c3c(c2c1)C1CCN(C1)C3C(=O)OCCF. The molecule has 0 saturated carbocycles. The van der Waals surface area contributed by atoms with Crippen LogP contribution in [0.4, 0.5) is 4.39 Å². The molecule has 6 heteroatoms. The Labute approximate surface area is 133 Å². The van der Waals surface area contributed by atoms with Gasteiger partial charge in [0.15, 0.2) is 0 Å². The molecule has 0 aliphatic carbocycles. The van der Waals surface area contributed by atoms with Crippen molar-refractivity contribution in [1.29, 1.82) is 0 Å². The molecule has 2 bridgehead atoms. The van der Waals surface area contributed by atoms with Crippen LogP contribution in [0.3, 0.4) is 0 Å². The zero-order chi connectivity index (χ0) is 16.0. The number of halogens is 1. The van der Waals surface area contributed by atoms with E-state index in [0.29, 0.717) is 5.92 Å². The van der Waals surface area contributed by atoms with Crippen molar-refractivity contribution in [2.75, 3.05) is 33.5 Å². The summed E-state index contributed by atoms with van der Waals surface area (Å²) in [7, 11) is 1.65. The van der Waals surface area contributed by atoms with Crippen molar-refractivity contribution in [2.45, 2.75) is 18.4 Å².